The minimum Gasteiger partial charge on any atom is -0.398 e. The van der Waals surface area contributed by atoms with Crippen molar-refractivity contribution in [1.82, 2.24) is 19.5 Å². The summed E-state index contributed by atoms with van der Waals surface area (Å²) in [5.41, 5.74) is 3.30. The summed E-state index contributed by atoms with van der Waals surface area (Å²) in [5.74, 6) is 0.400. The van der Waals surface area contributed by atoms with Gasteiger partial charge in [0.05, 0.1) is 22.8 Å². The van der Waals surface area contributed by atoms with Crippen LogP contribution in [0.1, 0.15) is 86.0 Å². The molecule has 6 rings (SSSR count). The summed E-state index contributed by atoms with van der Waals surface area (Å²) in [7, 11) is -0.554. The van der Waals surface area contributed by atoms with Crippen LogP contribution in [-0.2, 0) is 15.7 Å². The highest BCUT2D eigenvalue weighted by Crippen LogP contribution is 2.41. The Morgan fingerprint density at radius 1 is 1.18 bits per heavy atom. The number of fused-ring (bicyclic) bond motifs is 2. The van der Waals surface area contributed by atoms with Crippen molar-refractivity contribution in [3.05, 3.63) is 45.4 Å². The Morgan fingerprint density at radius 2 is 1.91 bits per heavy atom. The van der Waals surface area contributed by atoms with Gasteiger partial charge in [0.25, 0.3) is 5.91 Å². The predicted octanol–water partition coefficient (Wildman–Crippen LogP) is 3.73. The molecule has 172 valence electrons. The summed E-state index contributed by atoms with van der Waals surface area (Å²) in [6.07, 6.45) is 3.12. The molecule has 33 heavy (non-hydrogen) atoms. The van der Waals surface area contributed by atoms with Crippen molar-refractivity contribution in [2.45, 2.75) is 77.0 Å². The monoisotopic (exact) mass is 464 g/mol. The van der Waals surface area contributed by atoms with E-state index >= 15 is 0 Å². The molecule has 0 radical (unpaired) electrons. The molecule has 0 unspecified atom stereocenters. The van der Waals surface area contributed by atoms with Crippen molar-refractivity contribution >= 4 is 35.6 Å². The lowest BCUT2D eigenvalue weighted by Gasteiger charge is -2.33. The average molecular weight is 464 g/mol. The molecule has 0 bridgehead atoms. The summed E-state index contributed by atoms with van der Waals surface area (Å²) in [6, 6.07) is 6.05. The molecule has 3 aliphatic rings. The van der Waals surface area contributed by atoms with E-state index in [2.05, 4.69) is 18.4 Å². The number of carbonyl (C=O) groups excluding carboxylic acids is 1. The maximum atomic E-state index is 13.6. The zero-order chi connectivity index (χ0) is 23.1. The van der Waals surface area contributed by atoms with Crippen LogP contribution in [0, 0.1) is 0 Å². The van der Waals surface area contributed by atoms with Crippen LogP contribution in [0.5, 0.6) is 0 Å². The van der Waals surface area contributed by atoms with Crippen molar-refractivity contribution in [3.63, 3.8) is 0 Å². The molecule has 5 heterocycles. The Hall–Kier alpha value is -2.23. The van der Waals surface area contributed by atoms with Gasteiger partial charge in [-0.3, -0.25) is 4.79 Å². The third-order valence-electron chi connectivity index (χ3n) is 7.72. The van der Waals surface area contributed by atoms with Crippen LogP contribution in [0.15, 0.2) is 23.6 Å². The molecule has 1 saturated heterocycles. The highest BCUT2D eigenvalue weighted by atomic mass is 32.1. The lowest BCUT2D eigenvalue weighted by atomic mass is 9.85. The number of nitrogens with zero attached hydrogens (tertiary/aromatic N) is 4. The van der Waals surface area contributed by atoms with E-state index in [1.54, 1.807) is 11.3 Å². The third kappa shape index (κ3) is 3.35. The topological polar surface area (TPSA) is 69.0 Å². The molecule has 1 saturated carbocycles. The normalized spacial score (nSPS) is 23.8. The summed E-state index contributed by atoms with van der Waals surface area (Å²) in [6.45, 7) is 11.0. The Morgan fingerprint density at radius 3 is 2.61 bits per heavy atom. The Balaban J connectivity index is 1.37. The second-order valence-electron chi connectivity index (χ2n) is 10.5. The molecule has 2 aliphatic heterocycles. The second kappa shape index (κ2) is 7.14. The van der Waals surface area contributed by atoms with Gasteiger partial charge in [0.2, 0.25) is 0 Å². The van der Waals surface area contributed by atoms with Crippen LogP contribution < -0.4 is 5.59 Å². The molecule has 2 fully saturated rings. The smallest absolute Gasteiger partial charge is 0.398 e. The lowest BCUT2D eigenvalue weighted by molar-refractivity contribution is 0.00578. The van der Waals surface area contributed by atoms with Crippen LogP contribution in [0.3, 0.4) is 0 Å². The molecule has 3 aromatic rings. The molecule has 0 N–H and O–H groups in total. The van der Waals surface area contributed by atoms with E-state index in [0.717, 1.165) is 31.5 Å². The van der Waals surface area contributed by atoms with Gasteiger partial charge >= 0.3 is 7.12 Å². The number of thiophene rings is 1. The molecule has 0 spiro atoms. The first kappa shape index (κ1) is 21.3. The van der Waals surface area contributed by atoms with Crippen molar-refractivity contribution in [3.8, 4) is 0 Å². The second-order valence-corrected chi connectivity index (χ2v) is 11.5. The SMILES string of the molecule is C[C@@H]1c2ccsc2CCN1C(=O)c1cc(C2CC2)n2nc(B3OC(C)(C)C(C)(C)O3)cc2n1. The fourth-order valence-corrected chi connectivity index (χ4v) is 5.77. The highest BCUT2D eigenvalue weighted by Gasteiger charge is 2.53. The Labute approximate surface area is 198 Å². The van der Waals surface area contributed by atoms with Gasteiger partial charge in [0, 0.05) is 29.1 Å². The molecule has 7 nitrogen and oxygen atoms in total. The number of hydrogen-bond acceptors (Lipinski definition) is 6. The molecular formula is C24H29BN4O3S. The lowest BCUT2D eigenvalue weighted by Crippen LogP contribution is -2.41. The predicted molar refractivity (Wildman–Crippen MR) is 128 cm³/mol. The zero-order valence-corrected chi connectivity index (χ0v) is 20.6. The van der Waals surface area contributed by atoms with Gasteiger partial charge in [-0.25, -0.2) is 9.50 Å². The van der Waals surface area contributed by atoms with Crippen molar-refractivity contribution in [2.75, 3.05) is 6.54 Å². The number of hydrogen-bond donors (Lipinski definition) is 0. The van der Waals surface area contributed by atoms with Gasteiger partial charge in [0.1, 0.15) is 5.69 Å². The van der Waals surface area contributed by atoms with Crippen LogP contribution >= 0.6 is 11.3 Å². The molecule has 1 atom stereocenters. The fourth-order valence-electron chi connectivity index (χ4n) is 4.81. The first-order chi connectivity index (χ1) is 15.6. The molecule has 3 aromatic heterocycles. The molecule has 9 heteroatoms. The van der Waals surface area contributed by atoms with Crippen molar-refractivity contribution in [1.29, 1.82) is 0 Å². The number of rotatable bonds is 3. The summed E-state index contributed by atoms with van der Waals surface area (Å²) < 4.78 is 14.3. The molecule has 0 aromatic carbocycles. The van der Waals surface area contributed by atoms with Crippen LogP contribution in [0.25, 0.3) is 5.65 Å². The third-order valence-corrected chi connectivity index (χ3v) is 8.72. The summed E-state index contributed by atoms with van der Waals surface area (Å²) in [5, 5.41) is 6.94. The van der Waals surface area contributed by atoms with E-state index in [1.807, 2.05) is 49.2 Å². The van der Waals surface area contributed by atoms with E-state index in [-0.39, 0.29) is 11.9 Å². The minimum absolute atomic E-state index is 0.0119. The molecule has 1 amide bonds. The Bertz CT molecular complexity index is 1250. The van der Waals surface area contributed by atoms with Crippen LogP contribution in [0.2, 0.25) is 0 Å². The number of amides is 1. The van der Waals surface area contributed by atoms with Crippen molar-refractivity contribution < 1.29 is 14.1 Å². The number of carbonyl (C=O) groups is 1. The fraction of sp³-hybridized carbons (Fsp3) is 0.542. The van der Waals surface area contributed by atoms with E-state index in [4.69, 9.17) is 19.4 Å². The van der Waals surface area contributed by atoms with Gasteiger partial charge in [-0.2, -0.15) is 5.10 Å². The first-order valence-corrected chi connectivity index (χ1v) is 12.7. The van der Waals surface area contributed by atoms with Gasteiger partial charge < -0.3 is 14.2 Å². The quantitative estimate of drug-likeness (QED) is 0.553. The highest BCUT2D eigenvalue weighted by molar-refractivity contribution is 7.10. The van der Waals surface area contributed by atoms with Crippen LogP contribution in [-0.4, -0.2) is 50.3 Å². The van der Waals surface area contributed by atoms with E-state index in [9.17, 15) is 4.79 Å². The van der Waals surface area contributed by atoms with E-state index < -0.39 is 18.3 Å². The van der Waals surface area contributed by atoms with E-state index in [1.165, 1.54) is 10.4 Å². The van der Waals surface area contributed by atoms with Gasteiger partial charge in [0.15, 0.2) is 5.65 Å². The largest absolute Gasteiger partial charge is 0.516 e. The summed E-state index contributed by atoms with van der Waals surface area (Å²) >= 11 is 1.78. The van der Waals surface area contributed by atoms with E-state index in [0.29, 0.717) is 22.9 Å². The molecular weight excluding hydrogens is 435 g/mol. The zero-order valence-electron chi connectivity index (χ0n) is 19.8. The standard InChI is InChI=1S/C24H29BN4O3S/c1-14-16-9-11-33-19(16)8-10-28(14)22(30)17-12-18(15-6-7-15)29-21(26-17)13-20(27-29)25-31-23(2,3)24(4,5)32-25/h9,11-15H,6-8,10H2,1-5H3/t14-/m1/s1. The first-order valence-electron chi connectivity index (χ1n) is 11.8. The minimum atomic E-state index is -0.554. The number of aromatic nitrogens is 3. The summed E-state index contributed by atoms with van der Waals surface area (Å²) in [4.78, 5) is 21.7. The van der Waals surface area contributed by atoms with Gasteiger partial charge in [-0.15, -0.1) is 11.3 Å². The Kier molecular flexibility index (Phi) is 4.61. The van der Waals surface area contributed by atoms with Crippen LogP contribution in [0.4, 0.5) is 0 Å². The maximum absolute atomic E-state index is 13.6. The molecule has 1 aliphatic carbocycles. The maximum Gasteiger partial charge on any atom is 0.516 e. The van der Waals surface area contributed by atoms with Gasteiger partial charge in [-0.1, -0.05) is 0 Å². The average Bonchev–Trinajstić information content (AvgIpc) is 3.23. The van der Waals surface area contributed by atoms with Crippen molar-refractivity contribution in [2.24, 2.45) is 0 Å². The van der Waals surface area contributed by atoms with Gasteiger partial charge in [-0.05, 0) is 77.0 Å².